The molecule has 0 amide bonds. The van der Waals surface area contributed by atoms with Gasteiger partial charge in [-0.05, 0) is 41.0 Å². The van der Waals surface area contributed by atoms with Gasteiger partial charge in [0.1, 0.15) is 11.0 Å². The maximum atomic E-state index is 13.0. The molecule has 0 radical (unpaired) electrons. The lowest BCUT2D eigenvalue weighted by Gasteiger charge is -2.08. The van der Waals surface area contributed by atoms with Gasteiger partial charge in [0, 0.05) is 12.7 Å². The quantitative estimate of drug-likeness (QED) is 0.815. The van der Waals surface area contributed by atoms with Crippen LogP contribution in [0.3, 0.4) is 0 Å². The number of pyridine rings is 1. The van der Waals surface area contributed by atoms with E-state index in [0.717, 1.165) is 16.7 Å². The standard InChI is InChI=1S/C12H10ClFN2/c13-12-6-8(3-4-16-12)11-2-1-10(14)5-9(11)7-15/h1-6H,7,15H2. The van der Waals surface area contributed by atoms with Crippen LogP contribution in [0, 0.1) is 5.82 Å². The zero-order chi connectivity index (χ0) is 11.5. The average Bonchev–Trinajstić information content (AvgIpc) is 2.28. The Balaban J connectivity index is 2.55. The van der Waals surface area contributed by atoms with Crippen molar-refractivity contribution in [3.8, 4) is 11.1 Å². The molecule has 0 unspecified atom stereocenters. The van der Waals surface area contributed by atoms with E-state index in [1.165, 1.54) is 12.1 Å². The van der Waals surface area contributed by atoms with Gasteiger partial charge >= 0.3 is 0 Å². The summed E-state index contributed by atoms with van der Waals surface area (Å²) in [6, 6.07) is 8.09. The first kappa shape index (κ1) is 11.0. The second kappa shape index (κ2) is 4.60. The minimum Gasteiger partial charge on any atom is -0.326 e. The SMILES string of the molecule is NCc1cc(F)ccc1-c1ccnc(Cl)c1. The van der Waals surface area contributed by atoms with E-state index in [9.17, 15) is 4.39 Å². The van der Waals surface area contributed by atoms with Crippen molar-refractivity contribution in [3.05, 3.63) is 53.1 Å². The molecule has 1 aromatic heterocycles. The van der Waals surface area contributed by atoms with Crippen LogP contribution < -0.4 is 5.73 Å². The van der Waals surface area contributed by atoms with E-state index >= 15 is 0 Å². The van der Waals surface area contributed by atoms with E-state index in [1.807, 2.05) is 6.07 Å². The predicted molar refractivity (Wildman–Crippen MR) is 62.5 cm³/mol. The fourth-order valence-electron chi connectivity index (χ4n) is 1.58. The second-order valence-electron chi connectivity index (χ2n) is 3.37. The third-order valence-electron chi connectivity index (χ3n) is 2.32. The number of aromatic nitrogens is 1. The number of hydrogen-bond acceptors (Lipinski definition) is 2. The van der Waals surface area contributed by atoms with E-state index in [0.29, 0.717) is 5.15 Å². The number of hydrogen-bond donors (Lipinski definition) is 1. The monoisotopic (exact) mass is 236 g/mol. The molecule has 2 aromatic rings. The Labute approximate surface area is 97.9 Å². The Hall–Kier alpha value is -1.45. The summed E-state index contributed by atoms with van der Waals surface area (Å²) < 4.78 is 13.0. The molecule has 0 aliphatic heterocycles. The molecule has 0 saturated heterocycles. The Morgan fingerprint density at radius 3 is 2.75 bits per heavy atom. The normalized spacial score (nSPS) is 10.4. The molecule has 16 heavy (non-hydrogen) atoms. The highest BCUT2D eigenvalue weighted by Gasteiger charge is 2.05. The van der Waals surface area contributed by atoms with Gasteiger partial charge in [-0.1, -0.05) is 17.7 Å². The summed E-state index contributed by atoms with van der Waals surface area (Å²) in [5.41, 5.74) is 8.10. The van der Waals surface area contributed by atoms with Crippen molar-refractivity contribution >= 4 is 11.6 Å². The summed E-state index contributed by atoms with van der Waals surface area (Å²) >= 11 is 5.81. The smallest absolute Gasteiger partial charge is 0.129 e. The summed E-state index contributed by atoms with van der Waals surface area (Å²) in [7, 11) is 0. The molecule has 0 bridgehead atoms. The van der Waals surface area contributed by atoms with Crippen LogP contribution in [0.4, 0.5) is 4.39 Å². The van der Waals surface area contributed by atoms with Crippen LogP contribution in [-0.2, 0) is 6.54 Å². The van der Waals surface area contributed by atoms with Crippen molar-refractivity contribution < 1.29 is 4.39 Å². The fourth-order valence-corrected chi connectivity index (χ4v) is 1.76. The van der Waals surface area contributed by atoms with Crippen LogP contribution in [0.25, 0.3) is 11.1 Å². The molecule has 2 rings (SSSR count). The minimum absolute atomic E-state index is 0.285. The van der Waals surface area contributed by atoms with E-state index < -0.39 is 0 Å². The summed E-state index contributed by atoms with van der Waals surface area (Å²) in [6.07, 6.45) is 1.61. The molecule has 0 fully saturated rings. The van der Waals surface area contributed by atoms with Gasteiger partial charge in [0.05, 0.1) is 0 Å². The summed E-state index contributed by atoms with van der Waals surface area (Å²) in [5, 5.41) is 0.407. The molecule has 2 nitrogen and oxygen atoms in total. The molecule has 0 atom stereocenters. The van der Waals surface area contributed by atoms with Gasteiger partial charge in [-0.25, -0.2) is 9.37 Å². The molecule has 4 heteroatoms. The molecule has 0 aliphatic carbocycles. The Morgan fingerprint density at radius 1 is 1.25 bits per heavy atom. The maximum absolute atomic E-state index is 13.0. The van der Waals surface area contributed by atoms with Crippen LogP contribution in [0.2, 0.25) is 5.15 Å². The van der Waals surface area contributed by atoms with Gasteiger partial charge in [-0.15, -0.1) is 0 Å². The molecule has 0 spiro atoms. The van der Waals surface area contributed by atoms with Gasteiger partial charge in [-0.3, -0.25) is 0 Å². The number of nitrogens with zero attached hydrogens (tertiary/aromatic N) is 1. The number of rotatable bonds is 2. The third-order valence-corrected chi connectivity index (χ3v) is 2.53. The maximum Gasteiger partial charge on any atom is 0.129 e. The largest absolute Gasteiger partial charge is 0.326 e. The highest BCUT2D eigenvalue weighted by atomic mass is 35.5. The van der Waals surface area contributed by atoms with Crippen LogP contribution in [0.5, 0.6) is 0 Å². The molecule has 1 aromatic carbocycles. The van der Waals surface area contributed by atoms with Crippen LogP contribution in [0.15, 0.2) is 36.5 Å². The molecular formula is C12H10ClFN2. The number of nitrogens with two attached hydrogens (primary N) is 1. The lowest BCUT2D eigenvalue weighted by molar-refractivity contribution is 0.625. The first-order chi connectivity index (χ1) is 7.70. The molecule has 1 heterocycles. The van der Waals surface area contributed by atoms with Crippen molar-refractivity contribution in [2.45, 2.75) is 6.54 Å². The first-order valence-corrected chi connectivity index (χ1v) is 5.19. The van der Waals surface area contributed by atoms with Crippen LogP contribution in [0.1, 0.15) is 5.56 Å². The first-order valence-electron chi connectivity index (χ1n) is 4.81. The van der Waals surface area contributed by atoms with Gasteiger partial charge in [0.25, 0.3) is 0 Å². The van der Waals surface area contributed by atoms with Crippen molar-refractivity contribution in [2.24, 2.45) is 5.73 Å². The molecule has 2 N–H and O–H groups in total. The summed E-state index contributed by atoms with van der Waals surface area (Å²) in [5.74, 6) is -0.288. The summed E-state index contributed by atoms with van der Waals surface area (Å²) in [6.45, 7) is 0.285. The lowest BCUT2D eigenvalue weighted by atomic mass is 10.0. The van der Waals surface area contributed by atoms with E-state index in [2.05, 4.69) is 4.98 Å². The van der Waals surface area contributed by atoms with Gasteiger partial charge in [0.2, 0.25) is 0 Å². The zero-order valence-electron chi connectivity index (χ0n) is 8.45. The highest BCUT2D eigenvalue weighted by molar-refractivity contribution is 6.29. The van der Waals surface area contributed by atoms with E-state index in [4.69, 9.17) is 17.3 Å². The topological polar surface area (TPSA) is 38.9 Å². The highest BCUT2D eigenvalue weighted by Crippen LogP contribution is 2.25. The molecular weight excluding hydrogens is 227 g/mol. The Kier molecular flexibility index (Phi) is 3.17. The van der Waals surface area contributed by atoms with Crippen molar-refractivity contribution in [1.82, 2.24) is 4.98 Å². The molecule has 82 valence electrons. The summed E-state index contributed by atoms with van der Waals surface area (Å²) in [4.78, 5) is 3.90. The van der Waals surface area contributed by atoms with E-state index in [1.54, 1.807) is 18.3 Å². The molecule has 0 aliphatic rings. The number of benzene rings is 1. The number of halogens is 2. The van der Waals surface area contributed by atoms with E-state index in [-0.39, 0.29) is 12.4 Å². The predicted octanol–water partition coefficient (Wildman–Crippen LogP) is 3.00. The van der Waals surface area contributed by atoms with Crippen molar-refractivity contribution in [1.29, 1.82) is 0 Å². The zero-order valence-corrected chi connectivity index (χ0v) is 9.21. The minimum atomic E-state index is -0.288. The van der Waals surface area contributed by atoms with Crippen LogP contribution in [-0.4, -0.2) is 4.98 Å². The second-order valence-corrected chi connectivity index (χ2v) is 3.76. The van der Waals surface area contributed by atoms with Gasteiger partial charge in [-0.2, -0.15) is 0 Å². The van der Waals surface area contributed by atoms with Crippen molar-refractivity contribution in [2.75, 3.05) is 0 Å². The lowest BCUT2D eigenvalue weighted by Crippen LogP contribution is -1.99. The average molecular weight is 237 g/mol. The van der Waals surface area contributed by atoms with Gasteiger partial charge < -0.3 is 5.73 Å². The Bertz CT molecular complexity index is 514. The van der Waals surface area contributed by atoms with Crippen LogP contribution >= 0.6 is 11.6 Å². The fraction of sp³-hybridized carbons (Fsp3) is 0.0833. The molecule has 0 saturated carbocycles. The van der Waals surface area contributed by atoms with Gasteiger partial charge in [0.15, 0.2) is 0 Å². The Morgan fingerprint density at radius 2 is 2.06 bits per heavy atom. The third kappa shape index (κ3) is 2.21. The van der Waals surface area contributed by atoms with Crippen molar-refractivity contribution in [3.63, 3.8) is 0 Å².